The van der Waals surface area contributed by atoms with Gasteiger partial charge < -0.3 is 0 Å². The van der Waals surface area contributed by atoms with Gasteiger partial charge in [0.25, 0.3) is 0 Å². The Bertz CT molecular complexity index is 157. The van der Waals surface area contributed by atoms with E-state index in [0.29, 0.717) is 4.48 Å². The minimum atomic E-state index is -0.287. The minimum Gasteiger partial charge on any atom is -0.294 e. The highest BCUT2D eigenvalue weighted by molar-refractivity contribution is 9.11. The predicted octanol–water partition coefficient (Wildman–Crippen LogP) is 1.36. The van der Waals surface area contributed by atoms with Crippen molar-refractivity contribution in [2.24, 2.45) is 0 Å². The SMILES string of the molecule is CC1C(Br)=C(F)NN1C. The molecule has 2 nitrogen and oxygen atoms in total. The maximum atomic E-state index is 12.5. The van der Waals surface area contributed by atoms with Gasteiger partial charge >= 0.3 is 0 Å². The van der Waals surface area contributed by atoms with Crippen molar-refractivity contribution in [3.8, 4) is 0 Å². The summed E-state index contributed by atoms with van der Waals surface area (Å²) in [5.41, 5.74) is 2.52. The van der Waals surface area contributed by atoms with Crippen molar-refractivity contribution in [3.63, 3.8) is 0 Å². The summed E-state index contributed by atoms with van der Waals surface area (Å²) in [5.74, 6) is -0.287. The van der Waals surface area contributed by atoms with E-state index in [1.165, 1.54) is 0 Å². The van der Waals surface area contributed by atoms with Gasteiger partial charge in [-0.15, -0.1) is 0 Å². The normalized spacial score (nSPS) is 29.1. The molecule has 1 rings (SSSR count). The summed E-state index contributed by atoms with van der Waals surface area (Å²) in [6.07, 6.45) is 0. The molecule has 1 aliphatic heterocycles. The maximum Gasteiger partial charge on any atom is 0.213 e. The summed E-state index contributed by atoms with van der Waals surface area (Å²) in [7, 11) is 1.79. The lowest BCUT2D eigenvalue weighted by atomic mass is 10.3. The highest BCUT2D eigenvalue weighted by Gasteiger charge is 2.24. The Hall–Kier alpha value is -0.0900. The van der Waals surface area contributed by atoms with Crippen LogP contribution in [0.3, 0.4) is 0 Å². The Balaban J connectivity index is 2.74. The first-order chi connectivity index (χ1) is 4.13. The van der Waals surface area contributed by atoms with Crippen LogP contribution in [0.15, 0.2) is 10.4 Å². The van der Waals surface area contributed by atoms with E-state index in [-0.39, 0.29) is 12.0 Å². The lowest BCUT2D eigenvalue weighted by molar-refractivity contribution is 0.241. The topological polar surface area (TPSA) is 15.3 Å². The van der Waals surface area contributed by atoms with Gasteiger partial charge in [-0.3, -0.25) is 5.43 Å². The Kier molecular flexibility index (Phi) is 1.77. The fraction of sp³-hybridized carbons (Fsp3) is 0.600. The molecular weight excluding hydrogens is 187 g/mol. The quantitative estimate of drug-likeness (QED) is 0.587. The van der Waals surface area contributed by atoms with Crippen molar-refractivity contribution in [1.82, 2.24) is 10.4 Å². The molecule has 1 N–H and O–H groups in total. The van der Waals surface area contributed by atoms with E-state index in [9.17, 15) is 4.39 Å². The summed E-state index contributed by atoms with van der Waals surface area (Å²) in [6, 6.07) is 0.102. The molecule has 0 saturated heterocycles. The van der Waals surface area contributed by atoms with Gasteiger partial charge in [-0.25, -0.2) is 5.01 Å². The molecule has 1 aliphatic rings. The first-order valence-corrected chi connectivity index (χ1v) is 3.47. The van der Waals surface area contributed by atoms with Gasteiger partial charge in [-0.2, -0.15) is 4.39 Å². The first-order valence-electron chi connectivity index (χ1n) is 2.67. The third kappa shape index (κ3) is 1.09. The zero-order valence-electron chi connectivity index (χ0n) is 5.28. The second-order valence-electron chi connectivity index (χ2n) is 2.06. The zero-order valence-corrected chi connectivity index (χ0v) is 6.87. The fourth-order valence-corrected chi connectivity index (χ4v) is 1.05. The minimum absolute atomic E-state index is 0.102. The zero-order chi connectivity index (χ0) is 7.02. The number of halogens is 2. The number of hydrogen-bond acceptors (Lipinski definition) is 2. The highest BCUT2D eigenvalue weighted by atomic mass is 79.9. The number of likely N-dealkylation sites (N-methyl/N-ethyl adjacent to an activating group) is 1. The average molecular weight is 195 g/mol. The summed E-state index contributed by atoms with van der Waals surface area (Å²) >= 11 is 3.11. The van der Waals surface area contributed by atoms with E-state index in [4.69, 9.17) is 0 Å². The molecule has 0 aliphatic carbocycles. The summed E-state index contributed by atoms with van der Waals surface area (Å²) in [6.45, 7) is 1.91. The molecule has 0 aromatic rings. The smallest absolute Gasteiger partial charge is 0.213 e. The standard InChI is InChI=1S/C5H8BrFN2/c1-3-4(6)5(7)8-9(3)2/h3,8H,1-2H3. The van der Waals surface area contributed by atoms with Crippen molar-refractivity contribution in [2.75, 3.05) is 7.05 Å². The Morgan fingerprint density at radius 1 is 1.78 bits per heavy atom. The van der Waals surface area contributed by atoms with E-state index in [1.807, 2.05) is 6.92 Å². The maximum absolute atomic E-state index is 12.5. The Morgan fingerprint density at radius 2 is 2.33 bits per heavy atom. The molecule has 0 aromatic heterocycles. The number of nitrogens with zero attached hydrogens (tertiary/aromatic N) is 1. The van der Waals surface area contributed by atoms with Crippen molar-refractivity contribution in [1.29, 1.82) is 0 Å². The van der Waals surface area contributed by atoms with Gasteiger partial charge in [-0.05, 0) is 22.9 Å². The molecule has 0 spiro atoms. The van der Waals surface area contributed by atoms with Gasteiger partial charge in [0.1, 0.15) is 0 Å². The van der Waals surface area contributed by atoms with Crippen LogP contribution >= 0.6 is 15.9 Å². The van der Waals surface area contributed by atoms with Crippen molar-refractivity contribution in [2.45, 2.75) is 13.0 Å². The molecule has 52 valence electrons. The summed E-state index contributed by atoms with van der Waals surface area (Å²) in [5, 5.41) is 1.69. The molecule has 0 aromatic carbocycles. The summed E-state index contributed by atoms with van der Waals surface area (Å²) < 4.78 is 13.1. The van der Waals surface area contributed by atoms with Crippen LogP contribution in [0.2, 0.25) is 0 Å². The molecule has 0 saturated carbocycles. The van der Waals surface area contributed by atoms with E-state index in [1.54, 1.807) is 12.1 Å². The van der Waals surface area contributed by atoms with Gasteiger partial charge in [-0.1, -0.05) is 0 Å². The van der Waals surface area contributed by atoms with Gasteiger partial charge in [0.05, 0.1) is 10.5 Å². The Labute approximate surface area is 61.8 Å². The molecule has 4 heteroatoms. The fourth-order valence-electron chi connectivity index (χ4n) is 0.658. The van der Waals surface area contributed by atoms with Gasteiger partial charge in [0.15, 0.2) is 0 Å². The van der Waals surface area contributed by atoms with Gasteiger partial charge in [0, 0.05) is 7.05 Å². The molecule has 0 fully saturated rings. The molecule has 1 unspecified atom stereocenters. The monoisotopic (exact) mass is 194 g/mol. The molecule has 0 radical (unpaired) electrons. The van der Waals surface area contributed by atoms with E-state index >= 15 is 0 Å². The molecular formula is C5H8BrFN2. The lowest BCUT2D eigenvalue weighted by Gasteiger charge is -2.14. The molecule has 0 bridgehead atoms. The molecule has 0 amide bonds. The Morgan fingerprint density at radius 3 is 2.44 bits per heavy atom. The number of rotatable bonds is 0. The predicted molar refractivity (Wildman–Crippen MR) is 37.4 cm³/mol. The number of hydrogen-bond donors (Lipinski definition) is 1. The molecule has 1 atom stereocenters. The summed E-state index contributed by atoms with van der Waals surface area (Å²) in [4.78, 5) is 0. The van der Waals surface area contributed by atoms with E-state index in [0.717, 1.165) is 0 Å². The van der Waals surface area contributed by atoms with Crippen molar-refractivity contribution in [3.05, 3.63) is 10.4 Å². The van der Waals surface area contributed by atoms with Crippen LogP contribution in [0.25, 0.3) is 0 Å². The van der Waals surface area contributed by atoms with Crippen LogP contribution in [0.4, 0.5) is 4.39 Å². The second-order valence-corrected chi connectivity index (χ2v) is 2.91. The van der Waals surface area contributed by atoms with Crippen molar-refractivity contribution >= 4 is 15.9 Å². The van der Waals surface area contributed by atoms with E-state index in [2.05, 4.69) is 21.4 Å². The van der Waals surface area contributed by atoms with Crippen molar-refractivity contribution < 1.29 is 4.39 Å². The second kappa shape index (κ2) is 2.27. The third-order valence-electron chi connectivity index (χ3n) is 1.43. The molecule has 1 heterocycles. The number of hydrazine groups is 1. The van der Waals surface area contributed by atoms with Crippen LogP contribution < -0.4 is 5.43 Å². The van der Waals surface area contributed by atoms with Crippen LogP contribution in [0.1, 0.15) is 6.92 Å². The molecule has 9 heavy (non-hydrogen) atoms. The van der Waals surface area contributed by atoms with Gasteiger partial charge in [0.2, 0.25) is 5.95 Å². The highest BCUT2D eigenvalue weighted by Crippen LogP contribution is 2.24. The first kappa shape index (κ1) is 7.02. The van der Waals surface area contributed by atoms with Crippen LogP contribution in [0, 0.1) is 0 Å². The van der Waals surface area contributed by atoms with Crippen LogP contribution in [-0.4, -0.2) is 18.1 Å². The van der Waals surface area contributed by atoms with E-state index < -0.39 is 0 Å². The van der Waals surface area contributed by atoms with Crippen LogP contribution in [0.5, 0.6) is 0 Å². The number of nitrogens with one attached hydrogen (secondary N) is 1. The lowest BCUT2D eigenvalue weighted by Crippen LogP contribution is -2.32. The van der Waals surface area contributed by atoms with Crippen LogP contribution in [-0.2, 0) is 0 Å². The largest absolute Gasteiger partial charge is 0.294 e. The third-order valence-corrected chi connectivity index (χ3v) is 2.44. The average Bonchev–Trinajstić information content (AvgIpc) is 1.98.